The molecule has 0 amide bonds. The molecule has 148 valence electrons. The van der Waals surface area contributed by atoms with Crippen molar-refractivity contribution >= 4 is 21.5 Å². The van der Waals surface area contributed by atoms with Crippen LogP contribution in [0.3, 0.4) is 0 Å². The predicted octanol–water partition coefficient (Wildman–Crippen LogP) is 5.39. The van der Waals surface area contributed by atoms with Crippen molar-refractivity contribution in [2.45, 2.75) is 26.1 Å². The van der Waals surface area contributed by atoms with Gasteiger partial charge in [-0.25, -0.2) is 0 Å². The maximum Gasteiger partial charge on any atom is 0.106 e. The predicted molar refractivity (Wildman–Crippen MR) is 118 cm³/mol. The van der Waals surface area contributed by atoms with E-state index in [1.54, 1.807) is 0 Å². The molecule has 0 saturated carbocycles. The van der Waals surface area contributed by atoms with Gasteiger partial charge in [0.15, 0.2) is 0 Å². The summed E-state index contributed by atoms with van der Waals surface area (Å²) in [5.41, 5.74) is 4.60. The van der Waals surface area contributed by atoms with Crippen LogP contribution in [0.5, 0.6) is 0 Å². The van der Waals surface area contributed by atoms with Gasteiger partial charge in [-0.15, -0.1) is 0 Å². The Morgan fingerprint density at radius 1 is 0.793 bits per heavy atom. The van der Waals surface area contributed by atoms with E-state index in [4.69, 9.17) is 9.84 Å². The second-order valence-electron chi connectivity index (χ2n) is 7.74. The quantitative estimate of drug-likeness (QED) is 0.464. The summed E-state index contributed by atoms with van der Waals surface area (Å²) in [5, 5.41) is 23.2. The van der Waals surface area contributed by atoms with E-state index < -0.39 is 6.10 Å². The largest absolute Gasteiger partial charge is 0.393 e. The van der Waals surface area contributed by atoms with Gasteiger partial charge in [-0.1, -0.05) is 71.8 Å². The van der Waals surface area contributed by atoms with Gasteiger partial charge in [0, 0.05) is 0 Å². The molecular weight excluding hydrogens is 360 g/mol. The van der Waals surface area contributed by atoms with Crippen molar-refractivity contribution in [2.24, 2.45) is 0 Å². The van der Waals surface area contributed by atoms with Gasteiger partial charge in [-0.05, 0) is 58.7 Å². The molecule has 0 bridgehead atoms. The molecule has 2 unspecified atom stereocenters. The second-order valence-corrected chi connectivity index (χ2v) is 7.74. The summed E-state index contributed by atoms with van der Waals surface area (Å²) in [6.07, 6.45) is -0.420. The number of hydrogen-bond donors (Lipinski definition) is 2. The fourth-order valence-electron chi connectivity index (χ4n) is 3.52. The monoisotopic (exact) mass is 386 g/mol. The Morgan fingerprint density at radius 3 is 1.90 bits per heavy atom. The lowest BCUT2D eigenvalue weighted by atomic mass is 10.0. The maximum atomic E-state index is 9.49. The van der Waals surface area contributed by atoms with E-state index in [1.807, 2.05) is 30.3 Å². The number of hydrogen-bond acceptors (Lipinski definition) is 3. The molecule has 4 aromatic carbocycles. The highest BCUT2D eigenvalue weighted by atomic mass is 16.6. The zero-order chi connectivity index (χ0) is 20.4. The molecule has 2 atom stereocenters. The molecule has 0 radical (unpaired) electrons. The number of ether oxygens (including phenoxy) is 1. The number of benzene rings is 4. The Balaban J connectivity index is 0.000000141. The first-order valence-electron chi connectivity index (χ1n) is 9.94. The van der Waals surface area contributed by atoms with Crippen molar-refractivity contribution in [1.29, 1.82) is 0 Å². The van der Waals surface area contributed by atoms with Gasteiger partial charge in [-0.3, -0.25) is 0 Å². The summed E-state index contributed by atoms with van der Waals surface area (Å²) in [6, 6.07) is 25.0. The fourth-order valence-corrected chi connectivity index (χ4v) is 3.52. The highest BCUT2D eigenvalue weighted by Crippen LogP contribution is 2.31. The Labute approximate surface area is 171 Å². The molecule has 3 nitrogen and oxygen atoms in total. The van der Waals surface area contributed by atoms with Crippen LogP contribution in [0.1, 0.15) is 34.5 Å². The number of aliphatic hydroxyl groups is 2. The van der Waals surface area contributed by atoms with Gasteiger partial charge in [0.25, 0.3) is 0 Å². The number of epoxide rings is 1. The van der Waals surface area contributed by atoms with Crippen LogP contribution >= 0.6 is 0 Å². The fraction of sp³-hybridized carbons (Fsp3) is 0.231. The highest BCUT2D eigenvalue weighted by molar-refractivity contribution is 5.84. The first-order valence-corrected chi connectivity index (χ1v) is 9.94. The molecule has 0 aromatic heterocycles. The molecular formula is C26H26O3. The van der Waals surface area contributed by atoms with Crippen LogP contribution < -0.4 is 0 Å². The Morgan fingerprint density at radius 2 is 1.31 bits per heavy atom. The van der Waals surface area contributed by atoms with E-state index >= 15 is 0 Å². The third-order valence-corrected chi connectivity index (χ3v) is 5.30. The van der Waals surface area contributed by atoms with Gasteiger partial charge in [0.05, 0.1) is 13.2 Å². The molecule has 2 N–H and O–H groups in total. The molecule has 4 aromatic rings. The van der Waals surface area contributed by atoms with E-state index in [0.717, 1.165) is 22.9 Å². The van der Waals surface area contributed by atoms with E-state index in [0.29, 0.717) is 6.10 Å². The van der Waals surface area contributed by atoms with Crippen LogP contribution in [0, 0.1) is 13.8 Å². The zero-order valence-corrected chi connectivity index (χ0v) is 16.8. The first-order chi connectivity index (χ1) is 14.0. The molecule has 3 heteroatoms. The van der Waals surface area contributed by atoms with Crippen molar-refractivity contribution in [2.75, 3.05) is 13.2 Å². The minimum atomic E-state index is -0.782. The van der Waals surface area contributed by atoms with Gasteiger partial charge in [0.1, 0.15) is 12.2 Å². The van der Waals surface area contributed by atoms with Crippen LogP contribution in [0.2, 0.25) is 0 Å². The van der Waals surface area contributed by atoms with E-state index in [9.17, 15) is 5.11 Å². The number of fused-ring (bicyclic) bond motifs is 2. The van der Waals surface area contributed by atoms with Crippen molar-refractivity contribution in [1.82, 2.24) is 0 Å². The third-order valence-electron chi connectivity index (χ3n) is 5.30. The molecule has 1 heterocycles. The van der Waals surface area contributed by atoms with Crippen LogP contribution in [0.25, 0.3) is 21.5 Å². The van der Waals surface area contributed by atoms with E-state index in [1.165, 1.54) is 27.5 Å². The van der Waals surface area contributed by atoms with Crippen molar-refractivity contribution < 1.29 is 14.9 Å². The zero-order valence-electron chi connectivity index (χ0n) is 16.8. The average Bonchev–Trinajstić information content (AvgIpc) is 3.58. The summed E-state index contributed by atoms with van der Waals surface area (Å²) >= 11 is 0. The SMILES string of the molecule is Cc1ccc2cc(C(O)CO)ccc2c1.Cc1ccc2cc(C3CO3)ccc2c1. The molecule has 0 aliphatic carbocycles. The summed E-state index contributed by atoms with van der Waals surface area (Å²) < 4.78 is 5.27. The molecule has 1 fully saturated rings. The second kappa shape index (κ2) is 8.34. The molecule has 1 aliphatic rings. The lowest BCUT2D eigenvalue weighted by Gasteiger charge is -2.08. The van der Waals surface area contributed by atoms with E-state index in [2.05, 4.69) is 56.3 Å². The summed E-state index contributed by atoms with van der Waals surface area (Å²) in [6.45, 7) is 4.82. The molecule has 1 saturated heterocycles. The van der Waals surface area contributed by atoms with Crippen LogP contribution in [0.4, 0.5) is 0 Å². The number of aliphatic hydroxyl groups excluding tert-OH is 2. The minimum Gasteiger partial charge on any atom is -0.393 e. The molecule has 29 heavy (non-hydrogen) atoms. The van der Waals surface area contributed by atoms with Gasteiger partial charge >= 0.3 is 0 Å². The first kappa shape index (κ1) is 19.6. The van der Waals surface area contributed by atoms with Gasteiger partial charge in [-0.2, -0.15) is 0 Å². The average molecular weight is 386 g/mol. The molecule has 0 spiro atoms. The topological polar surface area (TPSA) is 53.0 Å². The smallest absolute Gasteiger partial charge is 0.106 e. The summed E-state index contributed by atoms with van der Waals surface area (Å²) in [4.78, 5) is 0. The Kier molecular flexibility index (Phi) is 5.63. The van der Waals surface area contributed by atoms with Crippen LogP contribution in [-0.2, 0) is 4.74 Å². The number of rotatable bonds is 3. The van der Waals surface area contributed by atoms with E-state index in [-0.39, 0.29) is 6.61 Å². The normalized spacial score (nSPS) is 16.3. The van der Waals surface area contributed by atoms with Gasteiger partial charge in [0.2, 0.25) is 0 Å². The highest BCUT2D eigenvalue weighted by Gasteiger charge is 2.24. The Bertz CT molecular complexity index is 1150. The summed E-state index contributed by atoms with van der Waals surface area (Å²) in [7, 11) is 0. The molecule has 5 rings (SSSR count). The molecule has 1 aliphatic heterocycles. The van der Waals surface area contributed by atoms with Crippen LogP contribution in [-0.4, -0.2) is 23.4 Å². The number of aryl methyl sites for hydroxylation is 2. The van der Waals surface area contributed by atoms with Crippen molar-refractivity contribution in [3.63, 3.8) is 0 Å². The van der Waals surface area contributed by atoms with Crippen LogP contribution in [0.15, 0.2) is 72.8 Å². The Hall–Kier alpha value is -2.72. The minimum absolute atomic E-state index is 0.239. The third kappa shape index (κ3) is 4.65. The summed E-state index contributed by atoms with van der Waals surface area (Å²) in [5.74, 6) is 0. The lowest BCUT2D eigenvalue weighted by Crippen LogP contribution is -2.01. The van der Waals surface area contributed by atoms with Crippen molar-refractivity contribution in [3.8, 4) is 0 Å². The van der Waals surface area contributed by atoms with Gasteiger partial charge < -0.3 is 14.9 Å². The lowest BCUT2D eigenvalue weighted by molar-refractivity contribution is 0.0957. The maximum absolute atomic E-state index is 9.49. The standard InChI is InChI=1S/C13H14O2.C13H12O/c1-9-2-3-11-7-12(13(15)8-14)5-4-10(11)6-9;1-9-2-3-11-7-12(13-8-14-13)5-4-10(11)6-9/h2-7,13-15H,8H2,1H3;2-7,13H,8H2,1H3. The van der Waals surface area contributed by atoms with Crippen molar-refractivity contribution in [3.05, 3.63) is 95.1 Å².